The molecular formula is C19H29NO3S. The molecule has 134 valence electrons. The molecule has 0 aromatic heterocycles. The van der Waals surface area contributed by atoms with Crippen LogP contribution in [0.2, 0.25) is 0 Å². The molecule has 1 aromatic carbocycles. The summed E-state index contributed by atoms with van der Waals surface area (Å²) in [5.41, 5.74) is 1.13. The Bertz CT molecular complexity index is 535. The smallest absolute Gasteiger partial charge is 0.303 e. The lowest BCUT2D eigenvalue weighted by molar-refractivity contribution is -0.137. The lowest BCUT2D eigenvalue weighted by Crippen LogP contribution is -2.45. The second-order valence-corrected chi connectivity index (χ2v) is 9.13. The van der Waals surface area contributed by atoms with Gasteiger partial charge in [-0.25, -0.2) is 0 Å². The van der Waals surface area contributed by atoms with Crippen LogP contribution in [0.1, 0.15) is 57.9 Å². The number of aliphatic carboxylic acids is 1. The number of carboxylic acids is 1. The van der Waals surface area contributed by atoms with E-state index in [1.54, 1.807) is 11.8 Å². The molecule has 1 aromatic rings. The average Bonchev–Trinajstić information content (AvgIpc) is 2.72. The molecule has 1 heterocycles. The number of carboxylic acid groups (broad SMARTS) is 1. The first-order valence-corrected chi connectivity index (χ1v) is 9.58. The lowest BCUT2D eigenvalue weighted by Gasteiger charge is -2.24. The summed E-state index contributed by atoms with van der Waals surface area (Å²) in [7, 11) is 0. The molecule has 3 N–H and O–H groups in total. The van der Waals surface area contributed by atoms with E-state index in [0.717, 1.165) is 37.7 Å². The summed E-state index contributed by atoms with van der Waals surface area (Å²) in [5.74, 6) is -0.712. The van der Waals surface area contributed by atoms with Gasteiger partial charge in [0, 0.05) is 23.6 Å². The molecule has 1 fully saturated rings. The highest BCUT2D eigenvalue weighted by molar-refractivity contribution is 8.02. The predicted octanol–water partition coefficient (Wildman–Crippen LogP) is 3.78. The number of rotatable bonds is 9. The van der Waals surface area contributed by atoms with Gasteiger partial charge in [0.2, 0.25) is 0 Å². The third-order valence-corrected chi connectivity index (χ3v) is 6.00. The van der Waals surface area contributed by atoms with E-state index >= 15 is 0 Å². The van der Waals surface area contributed by atoms with E-state index in [1.165, 1.54) is 0 Å². The van der Waals surface area contributed by atoms with Crippen LogP contribution in [0.5, 0.6) is 0 Å². The topological polar surface area (TPSA) is 69.6 Å². The van der Waals surface area contributed by atoms with E-state index in [2.05, 4.69) is 19.2 Å². The van der Waals surface area contributed by atoms with Crippen molar-refractivity contribution in [1.29, 1.82) is 0 Å². The second kappa shape index (κ2) is 8.37. The van der Waals surface area contributed by atoms with Gasteiger partial charge in [-0.15, -0.1) is 11.8 Å². The van der Waals surface area contributed by atoms with Crippen molar-refractivity contribution in [3.63, 3.8) is 0 Å². The fraction of sp³-hybridized carbons (Fsp3) is 0.632. The number of nitrogens with one attached hydrogen (secondary N) is 1. The van der Waals surface area contributed by atoms with Crippen molar-refractivity contribution in [3.05, 3.63) is 35.9 Å². The summed E-state index contributed by atoms with van der Waals surface area (Å²) in [6.45, 7) is 4.37. The van der Waals surface area contributed by atoms with Crippen LogP contribution >= 0.6 is 11.8 Å². The van der Waals surface area contributed by atoms with Crippen molar-refractivity contribution in [1.82, 2.24) is 5.32 Å². The fourth-order valence-corrected chi connectivity index (χ4v) is 4.97. The first-order valence-electron chi connectivity index (χ1n) is 8.77. The molecule has 5 heteroatoms. The van der Waals surface area contributed by atoms with Crippen LogP contribution in [0, 0.1) is 0 Å². The van der Waals surface area contributed by atoms with Crippen LogP contribution in [0.25, 0.3) is 0 Å². The van der Waals surface area contributed by atoms with E-state index in [1.807, 2.05) is 30.3 Å². The Balaban J connectivity index is 1.80. The zero-order valence-corrected chi connectivity index (χ0v) is 15.4. The Kier molecular flexibility index (Phi) is 6.72. The molecule has 2 atom stereocenters. The molecule has 0 saturated carbocycles. The molecule has 0 bridgehead atoms. The van der Waals surface area contributed by atoms with E-state index in [-0.39, 0.29) is 17.2 Å². The van der Waals surface area contributed by atoms with Crippen LogP contribution in [-0.2, 0) is 11.2 Å². The molecule has 1 saturated heterocycles. The van der Waals surface area contributed by atoms with Crippen LogP contribution < -0.4 is 5.32 Å². The molecule has 1 aliphatic rings. The van der Waals surface area contributed by atoms with E-state index in [0.29, 0.717) is 6.42 Å². The summed E-state index contributed by atoms with van der Waals surface area (Å²) in [5, 5.41) is 22.1. The SMILES string of the molecule is CC1(C)SC(O)(Cc2ccccc2)NC1CCCCCCC(=O)O. The van der Waals surface area contributed by atoms with Gasteiger partial charge in [-0.05, 0) is 32.3 Å². The van der Waals surface area contributed by atoms with Crippen molar-refractivity contribution >= 4 is 17.7 Å². The van der Waals surface area contributed by atoms with Gasteiger partial charge in [-0.1, -0.05) is 49.6 Å². The molecule has 0 amide bonds. The van der Waals surface area contributed by atoms with Crippen molar-refractivity contribution in [2.75, 3.05) is 0 Å². The molecule has 24 heavy (non-hydrogen) atoms. The quantitative estimate of drug-likeness (QED) is 0.591. The summed E-state index contributed by atoms with van der Waals surface area (Å²) < 4.78 is -0.0232. The van der Waals surface area contributed by atoms with E-state index in [4.69, 9.17) is 5.11 Å². The maximum atomic E-state index is 10.9. The largest absolute Gasteiger partial charge is 0.481 e. The summed E-state index contributed by atoms with van der Waals surface area (Å²) in [6.07, 6.45) is 5.68. The van der Waals surface area contributed by atoms with E-state index in [9.17, 15) is 9.90 Å². The lowest BCUT2D eigenvalue weighted by atomic mass is 9.96. The number of thioether (sulfide) groups is 1. The maximum Gasteiger partial charge on any atom is 0.303 e. The Labute approximate surface area is 149 Å². The van der Waals surface area contributed by atoms with Gasteiger partial charge in [0.15, 0.2) is 5.06 Å². The number of carbonyl (C=O) groups is 1. The van der Waals surface area contributed by atoms with Gasteiger partial charge in [0.1, 0.15) is 0 Å². The minimum Gasteiger partial charge on any atom is -0.481 e. The highest BCUT2D eigenvalue weighted by Crippen LogP contribution is 2.46. The van der Waals surface area contributed by atoms with Gasteiger partial charge in [0.25, 0.3) is 0 Å². The van der Waals surface area contributed by atoms with Crippen molar-refractivity contribution in [3.8, 4) is 0 Å². The average molecular weight is 352 g/mol. The van der Waals surface area contributed by atoms with Crippen LogP contribution in [0.4, 0.5) is 0 Å². The Hall–Kier alpha value is -1.04. The number of aliphatic hydroxyl groups is 1. The summed E-state index contributed by atoms with van der Waals surface area (Å²) in [4.78, 5) is 10.5. The molecular weight excluding hydrogens is 322 g/mol. The first-order chi connectivity index (χ1) is 11.3. The summed E-state index contributed by atoms with van der Waals surface area (Å²) in [6, 6.07) is 10.3. The van der Waals surface area contributed by atoms with Gasteiger partial charge in [0.05, 0.1) is 0 Å². The molecule has 4 nitrogen and oxygen atoms in total. The maximum absolute atomic E-state index is 10.9. The van der Waals surface area contributed by atoms with Crippen LogP contribution in [0.15, 0.2) is 30.3 Å². The molecule has 0 spiro atoms. The minimum absolute atomic E-state index is 0.0232. The molecule has 2 rings (SSSR count). The van der Waals surface area contributed by atoms with E-state index < -0.39 is 11.0 Å². The zero-order valence-electron chi connectivity index (χ0n) is 14.6. The standard InChI is InChI=1S/C19H29NO3S/c1-18(2)16(12-8-3-4-9-13-17(21)22)20-19(23,24-18)14-15-10-6-5-7-11-15/h5-7,10-11,16,20,23H,3-4,8-9,12-14H2,1-2H3,(H,21,22). The monoisotopic (exact) mass is 351 g/mol. The van der Waals surface area contributed by atoms with Gasteiger partial charge in [-0.2, -0.15) is 0 Å². The number of unbranched alkanes of at least 4 members (excludes halogenated alkanes) is 3. The Morgan fingerprint density at radius 3 is 2.50 bits per heavy atom. The second-order valence-electron chi connectivity index (χ2n) is 7.20. The molecule has 0 radical (unpaired) electrons. The highest BCUT2D eigenvalue weighted by Gasteiger charge is 2.48. The number of hydrogen-bond acceptors (Lipinski definition) is 4. The van der Waals surface area contributed by atoms with Gasteiger partial charge < -0.3 is 10.2 Å². The summed E-state index contributed by atoms with van der Waals surface area (Å²) >= 11 is 1.61. The predicted molar refractivity (Wildman–Crippen MR) is 99.0 cm³/mol. The van der Waals surface area contributed by atoms with Crippen molar-refractivity contribution < 1.29 is 15.0 Å². The van der Waals surface area contributed by atoms with Crippen LogP contribution in [-0.4, -0.2) is 32.0 Å². The third-order valence-electron chi connectivity index (χ3n) is 4.59. The minimum atomic E-state index is -0.918. The highest BCUT2D eigenvalue weighted by atomic mass is 32.2. The third kappa shape index (κ3) is 5.80. The van der Waals surface area contributed by atoms with Crippen molar-refractivity contribution in [2.24, 2.45) is 0 Å². The molecule has 0 aliphatic carbocycles. The first kappa shape index (κ1) is 19.3. The molecule has 2 unspecified atom stereocenters. The zero-order chi connectivity index (χ0) is 17.6. The number of hydrogen-bond donors (Lipinski definition) is 3. The number of benzene rings is 1. The Morgan fingerprint density at radius 2 is 1.83 bits per heavy atom. The molecule has 1 aliphatic heterocycles. The normalized spacial score (nSPS) is 25.7. The Morgan fingerprint density at radius 1 is 1.17 bits per heavy atom. The van der Waals surface area contributed by atoms with Crippen molar-refractivity contribution in [2.45, 2.75) is 74.6 Å². The van der Waals surface area contributed by atoms with Gasteiger partial charge >= 0.3 is 5.97 Å². The van der Waals surface area contributed by atoms with Gasteiger partial charge in [-0.3, -0.25) is 10.1 Å². The van der Waals surface area contributed by atoms with Crippen LogP contribution in [0.3, 0.4) is 0 Å². The fourth-order valence-electron chi connectivity index (χ4n) is 3.34.